The van der Waals surface area contributed by atoms with Gasteiger partial charge in [0.05, 0.1) is 7.11 Å². The molecule has 0 atom stereocenters. The van der Waals surface area contributed by atoms with Gasteiger partial charge in [0.1, 0.15) is 5.75 Å². The molecule has 92 valence electrons. The molecule has 1 aliphatic carbocycles. The third-order valence-electron chi connectivity index (χ3n) is 2.93. The maximum atomic E-state index is 11.6. The number of carbonyl (C=O) groups excluding carboxylic acids is 1. The first kappa shape index (κ1) is 12.4. The number of rotatable bonds is 2. The molecular weight excluding hydrogens is 224 g/mol. The minimum atomic E-state index is 0.127. The molecule has 0 amide bonds. The van der Waals surface area contributed by atoms with Gasteiger partial charge < -0.3 is 4.74 Å². The molecule has 18 heavy (non-hydrogen) atoms. The standard InChI is InChI=1S/C16H16O2/c1-11-8-14(9-12(2)16(11)17)10-13-4-6-15(18-3)7-5-13/h4-10H,1-3H3. The lowest BCUT2D eigenvalue weighted by Gasteiger charge is -2.09. The molecular formula is C16H16O2. The molecule has 0 saturated heterocycles. The summed E-state index contributed by atoms with van der Waals surface area (Å²) in [5, 5.41) is 0. The van der Waals surface area contributed by atoms with E-state index < -0.39 is 0 Å². The van der Waals surface area contributed by atoms with Gasteiger partial charge in [0.25, 0.3) is 0 Å². The highest BCUT2D eigenvalue weighted by atomic mass is 16.5. The Bertz CT molecular complexity index is 533. The lowest BCUT2D eigenvalue weighted by atomic mass is 9.94. The topological polar surface area (TPSA) is 26.3 Å². The number of hydrogen-bond donors (Lipinski definition) is 0. The van der Waals surface area contributed by atoms with Crippen molar-refractivity contribution < 1.29 is 9.53 Å². The molecule has 0 N–H and O–H groups in total. The summed E-state index contributed by atoms with van der Waals surface area (Å²) in [5.74, 6) is 0.969. The van der Waals surface area contributed by atoms with Gasteiger partial charge in [0.15, 0.2) is 5.78 Å². The van der Waals surface area contributed by atoms with E-state index in [1.807, 2.05) is 50.3 Å². The van der Waals surface area contributed by atoms with Crippen LogP contribution in [0.25, 0.3) is 6.08 Å². The van der Waals surface area contributed by atoms with E-state index in [-0.39, 0.29) is 5.78 Å². The summed E-state index contributed by atoms with van der Waals surface area (Å²) in [6.07, 6.45) is 5.89. The normalized spacial score (nSPS) is 15.1. The van der Waals surface area contributed by atoms with Crippen molar-refractivity contribution in [1.29, 1.82) is 0 Å². The average molecular weight is 240 g/mol. The molecule has 1 aromatic rings. The third-order valence-corrected chi connectivity index (χ3v) is 2.93. The molecule has 0 aliphatic heterocycles. The SMILES string of the molecule is COc1ccc(C=C2C=C(C)C(=O)C(C)=C2)cc1. The number of carbonyl (C=O) groups is 1. The number of ether oxygens (including phenoxy) is 1. The predicted molar refractivity (Wildman–Crippen MR) is 73.5 cm³/mol. The van der Waals surface area contributed by atoms with Crippen molar-refractivity contribution in [2.75, 3.05) is 7.11 Å². The summed E-state index contributed by atoms with van der Waals surface area (Å²) in [6.45, 7) is 3.70. The Morgan fingerprint density at radius 3 is 2.06 bits per heavy atom. The molecule has 1 aromatic carbocycles. The largest absolute Gasteiger partial charge is 0.497 e. The fourth-order valence-electron chi connectivity index (χ4n) is 1.96. The van der Waals surface area contributed by atoms with Gasteiger partial charge in [-0.15, -0.1) is 0 Å². The van der Waals surface area contributed by atoms with Gasteiger partial charge in [-0.1, -0.05) is 12.1 Å². The monoisotopic (exact) mass is 240 g/mol. The van der Waals surface area contributed by atoms with Gasteiger partial charge in [-0.05, 0) is 66.5 Å². The van der Waals surface area contributed by atoms with Crippen molar-refractivity contribution in [2.45, 2.75) is 13.8 Å². The highest BCUT2D eigenvalue weighted by Crippen LogP contribution is 2.21. The van der Waals surface area contributed by atoms with E-state index >= 15 is 0 Å². The first-order chi connectivity index (χ1) is 8.60. The Morgan fingerprint density at radius 1 is 1.00 bits per heavy atom. The zero-order valence-corrected chi connectivity index (χ0v) is 10.9. The molecule has 0 heterocycles. The van der Waals surface area contributed by atoms with Crippen LogP contribution >= 0.6 is 0 Å². The van der Waals surface area contributed by atoms with Crippen LogP contribution in [0.1, 0.15) is 19.4 Å². The van der Waals surface area contributed by atoms with Crippen LogP contribution in [0.5, 0.6) is 5.75 Å². The molecule has 0 bridgehead atoms. The number of hydrogen-bond acceptors (Lipinski definition) is 2. The summed E-state index contributed by atoms with van der Waals surface area (Å²) in [7, 11) is 1.65. The molecule has 0 spiro atoms. The van der Waals surface area contributed by atoms with Crippen LogP contribution in [0.4, 0.5) is 0 Å². The second-order valence-electron chi connectivity index (χ2n) is 4.40. The molecule has 1 aliphatic rings. The minimum absolute atomic E-state index is 0.127. The van der Waals surface area contributed by atoms with E-state index in [1.165, 1.54) is 0 Å². The summed E-state index contributed by atoms with van der Waals surface area (Å²) in [6, 6.07) is 7.84. The Labute approximate surface area is 107 Å². The second kappa shape index (κ2) is 5.05. The first-order valence-electron chi connectivity index (χ1n) is 5.87. The van der Waals surface area contributed by atoms with Gasteiger partial charge in [0.2, 0.25) is 0 Å². The Hall–Kier alpha value is -2.09. The number of methoxy groups -OCH3 is 1. The zero-order chi connectivity index (χ0) is 13.1. The van der Waals surface area contributed by atoms with Gasteiger partial charge in [-0.25, -0.2) is 0 Å². The Morgan fingerprint density at radius 2 is 1.56 bits per heavy atom. The highest BCUT2D eigenvalue weighted by molar-refractivity contribution is 6.09. The summed E-state index contributed by atoms with van der Waals surface area (Å²) < 4.78 is 5.12. The number of ketones is 1. The van der Waals surface area contributed by atoms with Crippen molar-refractivity contribution in [2.24, 2.45) is 0 Å². The molecule has 0 unspecified atom stereocenters. The van der Waals surface area contributed by atoms with E-state index in [1.54, 1.807) is 7.11 Å². The highest BCUT2D eigenvalue weighted by Gasteiger charge is 2.12. The van der Waals surface area contributed by atoms with Crippen molar-refractivity contribution in [1.82, 2.24) is 0 Å². The summed E-state index contributed by atoms with van der Waals surface area (Å²) >= 11 is 0. The van der Waals surface area contributed by atoms with E-state index in [2.05, 4.69) is 6.08 Å². The van der Waals surface area contributed by atoms with Crippen LogP contribution in [-0.4, -0.2) is 12.9 Å². The number of Topliss-reactive ketones (excluding diaryl/α,β-unsaturated/α-hetero) is 1. The molecule has 0 fully saturated rings. The average Bonchev–Trinajstić information content (AvgIpc) is 2.37. The van der Waals surface area contributed by atoms with Crippen molar-refractivity contribution in [3.05, 3.63) is 58.7 Å². The van der Waals surface area contributed by atoms with E-state index in [4.69, 9.17) is 4.74 Å². The lowest BCUT2D eigenvalue weighted by Crippen LogP contribution is -2.05. The molecule has 0 saturated carbocycles. The fourth-order valence-corrected chi connectivity index (χ4v) is 1.96. The smallest absolute Gasteiger partial charge is 0.184 e. The molecule has 2 nitrogen and oxygen atoms in total. The van der Waals surface area contributed by atoms with Crippen molar-refractivity contribution >= 4 is 11.9 Å². The fraction of sp³-hybridized carbons (Fsp3) is 0.188. The van der Waals surface area contributed by atoms with Crippen LogP contribution in [0, 0.1) is 0 Å². The van der Waals surface area contributed by atoms with Crippen molar-refractivity contribution in [3.63, 3.8) is 0 Å². The van der Waals surface area contributed by atoms with Crippen LogP contribution in [0.15, 0.2) is 53.1 Å². The van der Waals surface area contributed by atoms with E-state index in [0.29, 0.717) is 0 Å². The van der Waals surface area contributed by atoms with E-state index in [9.17, 15) is 4.79 Å². The van der Waals surface area contributed by atoms with Crippen LogP contribution in [-0.2, 0) is 4.79 Å². The molecule has 0 aromatic heterocycles. The summed E-state index contributed by atoms with van der Waals surface area (Å²) in [4.78, 5) is 11.6. The van der Waals surface area contributed by atoms with Gasteiger partial charge >= 0.3 is 0 Å². The number of allylic oxidation sites excluding steroid dienone is 5. The van der Waals surface area contributed by atoms with Gasteiger partial charge in [0, 0.05) is 0 Å². The number of benzene rings is 1. The molecule has 2 rings (SSSR count). The zero-order valence-electron chi connectivity index (χ0n) is 10.9. The Balaban J connectivity index is 2.30. The van der Waals surface area contributed by atoms with Gasteiger partial charge in [-0.2, -0.15) is 0 Å². The Kier molecular flexibility index (Phi) is 3.47. The maximum absolute atomic E-state index is 11.6. The predicted octanol–water partition coefficient (Wildman–Crippen LogP) is 3.55. The van der Waals surface area contributed by atoms with E-state index in [0.717, 1.165) is 28.0 Å². The van der Waals surface area contributed by atoms with Gasteiger partial charge in [-0.3, -0.25) is 4.79 Å². The quantitative estimate of drug-likeness (QED) is 0.790. The molecule has 0 radical (unpaired) electrons. The summed E-state index contributed by atoms with van der Waals surface area (Å²) in [5.41, 5.74) is 3.72. The molecule has 2 heteroatoms. The van der Waals surface area contributed by atoms with Crippen LogP contribution < -0.4 is 4.74 Å². The van der Waals surface area contributed by atoms with Crippen LogP contribution in [0.3, 0.4) is 0 Å². The first-order valence-corrected chi connectivity index (χ1v) is 5.87. The lowest BCUT2D eigenvalue weighted by molar-refractivity contribution is -0.112. The minimum Gasteiger partial charge on any atom is -0.497 e. The van der Waals surface area contributed by atoms with Crippen molar-refractivity contribution in [3.8, 4) is 5.75 Å². The van der Waals surface area contributed by atoms with Crippen LogP contribution in [0.2, 0.25) is 0 Å². The second-order valence-corrected chi connectivity index (χ2v) is 4.40. The third kappa shape index (κ3) is 2.59. The maximum Gasteiger partial charge on any atom is 0.184 e.